The van der Waals surface area contributed by atoms with Crippen molar-refractivity contribution < 1.29 is 18.9 Å². The Morgan fingerprint density at radius 3 is 2.09 bits per heavy atom. The summed E-state index contributed by atoms with van der Waals surface area (Å²) in [5, 5.41) is 3.05. The van der Waals surface area contributed by atoms with E-state index < -0.39 is 17.4 Å². The van der Waals surface area contributed by atoms with E-state index >= 15 is 0 Å². The Morgan fingerprint density at radius 2 is 1.44 bits per heavy atom. The fourth-order valence-corrected chi connectivity index (χ4v) is 4.10. The normalized spacial score (nSPS) is 13.6. The van der Waals surface area contributed by atoms with Crippen LogP contribution in [0, 0.1) is 6.92 Å². The number of hydrogen-bond acceptors (Lipinski definition) is 4. The molecule has 4 aromatic rings. The average molecular weight is 453 g/mol. The molecule has 0 fully saturated rings. The summed E-state index contributed by atoms with van der Waals surface area (Å²) >= 11 is 0. The first kappa shape index (κ1) is 21.1. The van der Waals surface area contributed by atoms with E-state index in [1.807, 2.05) is 24.3 Å². The summed E-state index contributed by atoms with van der Waals surface area (Å²) in [5.41, 5.74) is 1.40. The molecule has 34 heavy (non-hydrogen) atoms. The zero-order valence-electron chi connectivity index (χ0n) is 18.6. The summed E-state index contributed by atoms with van der Waals surface area (Å²) in [5.74, 6) is -0.491. The minimum absolute atomic E-state index is 0.0467. The number of hydrogen-bond donors (Lipinski definition) is 1. The number of para-hydroxylation sites is 1. The van der Waals surface area contributed by atoms with Crippen LogP contribution < -0.4 is 19.8 Å². The largest absolute Gasteiger partial charge is 0.497 e. The third-order valence-corrected chi connectivity index (χ3v) is 5.70. The van der Waals surface area contributed by atoms with Crippen LogP contribution in [0.15, 0.2) is 90.0 Å². The molecule has 0 saturated carbocycles. The molecular weight excluding hydrogens is 432 g/mol. The van der Waals surface area contributed by atoms with Gasteiger partial charge in [-0.1, -0.05) is 24.3 Å². The summed E-state index contributed by atoms with van der Waals surface area (Å²) in [6.45, 7) is 1.71. The number of ether oxygens (including phenoxy) is 1. The van der Waals surface area contributed by atoms with Gasteiger partial charge < -0.3 is 4.74 Å². The van der Waals surface area contributed by atoms with E-state index in [0.29, 0.717) is 22.8 Å². The standard InChI is InChI=1S/C26H20N4O4/c1-17-21(25(32)30(27-17)19-9-5-3-6-10-19)22-23(28-15-7-4-8-16-28)26(33)29(24(22)31)18-11-13-20(34-2)14-12-18/h3-16H,1-2H3/p+1. The second-order valence-corrected chi connectivity index (χ2v) is 7.74. The van der Waals surface area contributed by atoms with Gasteiger partial charge >= 0.3 is 5.91 Å². The van der Waals surface area contributed by atoms with Crippen LogP contribution in [0.4, 0.5) is 5.69 Å². The van der Waals surface area contributed by atoms with Crippen LogP contribution in [-0.2, 0) is 9.59 Å². The third-order valence-electron chi connectivity index (χ3n) is 5.70. The predicted octanol–water partition coefficient (Wildman–Crippen LogP) is 2.71. The monoisotopic (exact) mass is 453 g/mol. The Labute approximate surface area is 194 Å². The van der Waals surface area contributed by atoms with Gasteiger partial charge in [0.1, 0.15) is 11.3 Å². The maximum Gasteiger partial charge on any atom is 0.331 e. The lowest BCUT2D eigenvalue weighted by Gasteiger charge is -2.14. The first-order valence-corrected chi connectivity index (χ1v) is 10.6. The van der Waals surface area contributed by atoms with Crippen molar-refractivity contribution in [2.75, 3.05) is 12.0 Å². The number of imide groups is 1. The molecule has 2 aromatic heterocycles. The number of methoxy groups -OCH3 is 1. The molecule has 1 aliphatic rings. The van der Waals surface area contributed by atoms with Crippen molar-refractivity contribution in [1.82, 2.24) is 9.78 Å². The van der Waals surface area contributed by atoms with Gasteiger partial charge in [0.2, 0.25) is 0 Å². The lowest BCUT2D eigenvalue weighted by atomic mass is 10.1. The number of aryl methyl sites for hydroxylation is 1. The minimum atomic E-state index is -0.569. The second-order valence-electron chi connectivity index (χ2n) is 7.74. The molecule has 1 aliphatic heterocycles. The first-order valence-electron chi connectivity index (χ1n) is 10.6. The van der Waals surface area contributed by atoms with Crippen molar-refractivity contribution in [3.05, 3.63) is 107 Å². The number of anilines is 1. The number of aromatic amines is 1. The molecule has 0 radical (unpaired) electrons. The van der Waals surface area contributed by atoms with Crippen molar-refractivity contribution in [3.8, 4) is 11.4 Å². The van der Waals surface area contributed by atoms with Crippen LogP contribution in [0.5, 0.6) is 5.75 Å². The van der Waals surface area contributed by atoms with Gasteiger partial charge in [-0.05, 0) is 43.3 Å². The van der Waals surface area contributed by atoms with Gasteiger partial charge in [0, 0.05) is 17.8 Å². The maximum absolute atomic E-state index is 13.7. The number of H-pyrrole nitrogens is 1. The zero-order valence-corrected chi connectivity index (χ0v) is 18.6. The van der Waals surface area contributed by atoms with Crippen molar-refractivity contribution >= 4 is 28.8 Å². The molecule has 168 valence electrons. The summed E-state index contributed by atoms with van der Waals surface area (Å²) < 4.78 is 8.13. The quantitative estimate of drug-likeness (QED) is 0.372. The number of carbonyl (C=O) groups is 2. The third kappa shape index (κ3) is 3.32. The topological polar surface area (TPSA) is 88.3 Å². The Kier molecular flexibility index (Phi) is 5.18. The molecule has 8 heteroatoms. The number of nitrogens with one attached hydrogen (secondary N) is 1. The van der Waals surface area contributed by atoms with E-state index in [2.05, 4.69) is 5.10 Å². The molecule has 3 heterocycles. The number of aromatic nitrogens is 3. The van der Waals surface area contributed by atoms with Crippen molar-refractivity contribution in [1.29, 1.82) is 0 Å². The molecule has 0 aliphatic carbocycles. The van der Waals surface area contributed by atoms with Crippen LogP contribution in [0.2, 0.25) is 0 Å². The highest BCUT2D eigenvalue weighted by atomic mass is 16.5. The molecular formula is C26H21N4O4+. The lowest BCUT2D eigenvalue weighted by molar-refractivity contribution is -0.576. The lowest BCUT2D eigenvalue weighted by Crippen LogP contribution is -2.39. The number of amides is 2. The molecule has 0 bridgehead atoms. The second kappa shape index (κ2) is 8.32. The van der Waals surface area contributed by atoms with Gasteiger partial charge in [0.25, 0.3) is 17.2 Å². The minimum Gasteiger partial charge on any atom is -0.497 e. The molecule has 2 amide bonds. The average Bonchev–Trinajstić information content (AvgIpc) is 3.30. The van der Waals surface area contributed by atoms with E-state index in [9.17, 15) is 14.4 Å². The Morgan fingerprint density at radius 1 is 0.794 bits per heavy atom. The van der Waals surface area contributed by atoms with E-state index in [-0.39, 0.29) is 16.8 Å². The summed E-state index contributed by atoms with van der Waals surface area (Å²) in [4.78, 5) is 42.0. The Balaban J connectivity index is 1.72. The SMILES string of the molecule is COc1ccc(N2C(=O)C(c3c(C)[nH]n(-c4ccccc4)c3=O)=C([n+]3ccccc3)C2=O)cc1. The highest BCUT2D eigenvalue weighted by Crippen LogP contribution is 2.33. The van der Waals surface area contributed by atoms with E-state index in [4.69, 9.17) is 4.74 Å². The number of rotatable bonds is 5. The molecule has 0 saturated heterocycles. The number of nitrogens with zero attached hydrogens (tertiary/aromatic N) is 3. The van der Waals surface area contributed by atoms with Gasteiger partial charge in [-0.2, -0.15) is 4.57 Å². The van der Waals surface area contributed by atoms with Crippen LogP contribution >= 0.6 is 0 Å². The van der Waals surface area contributed by atoms with Gasteiger partial charge in [0.15, 0.2) is 12.4 Å². The molecule has 5 rings (SSSR count). The fraction of sp³-hybridized carbons (Fsp3) is 0.0769. The Hall–Kier alpha value is -4.72. The van der Waals surface area contributed by atoms with Crippen LogP contribution in [-0.4, -0.2) is 28.7 Å². The Bertz CT molecular complexity index is 1480. The molecule has 2 aromatic carbocycles. The van der Waals surface area contributed by atoms with Crippen LogP contribution in [0.3, 0.4) is 0 Å². The molecule has 1 N–H and O–H groups in total. The van der Waals surface area contributed by atoms with E-state index in [1.54, 1.807) is 72.4 Å². The van der Waals surface area contributed by atoms with Gasteiger partial charge in [-0.15, -0.1) is 0 Å². The van der Waals surface area contributed by atoms with Crippen molar-refractivity contribution in [2.24, 2.45) is 0 Å². The summed E-state index contributed by atoms with van der Waals surface area (Å²) in [7, 11) is 1.54. The molecule has 0 atom stereocenters. The molecule has 8 nitrogen and oxygen atoms in total. The molecule has 0 spiro atoms. The highest BCUT2D eigenvalue weighted by Gasteiger charge is 2.47. The number of benzene rings is 2. The van der Waals surface area contributed by atoms with Crippen LogP contribution in [0.1, 0.15) is 11.3 Å². The van der Waals surface area contributed by atoms with Crippen molar-refractivity contribution in [2.45, 2.75) is 6.92 Å². The van der Waals surface area contributed by atoms with E-state index in [0.717, 1.165) is 4.90 Å². The van der Waals surface area contributed by atoms with Gasteiger partial charge in [0.05, 0.1) is 24.0 Å². The highest BCUT2D eigenvalue weighted by molar-refractivity contribution is 6.53. The van der Waals surface area contributed by atoms with Crippen molar-refractivity contribution in [3.63, 3.8) is 0 Å². The smallest absolute Gasteiger partial charge is 0.331 e. The maximum atomic E-state index is 13.7. The predicted molar refractivity (Wildman–Crippen MR) is 126 cm³/mol. The van der Waals surface area contributed by atoms with Gasteiger partial charge in [-0.25, -0.2) is 9.58 Å². The molecule has 0 unspecified atom stereocenters. The summed E-state index contributed by atoms with van der Waals surface area (Å²) in [6, 6.07) is 21.0. The number of carbonyl (C=O) groups excluding carboxylic acids is 2. The summed E-state index contributed by atoms with van der Waals surface area (Å²) in [6.07, 6.45) is 3.35. The van der Waals surface area contributed by atoms with Crippen LogP contribution in [0.25, 0.3) is 17.0 Å². The zero-order chi connectivity index (χ0) is 23.8. The number of pyridine rings is 1. The fourth-order valence-electron chi connectivity index (χ4n) is 4.10. The van der Waals surface area contributed by atoms with Gasteiger partial charge in [-0.3, -0.25) is 19.5 Å². The first-order chi connectivity index (χ1) is 16.5. The van der Waals surface area contributed by atoms with E-state index in [1.165, 1.54) is 11.8 Å².